The van der Waals surface area contributed by atoms with Gasteiger partial charge in [-0.3, -0.25) is 14.9 Å². The number of carboxylic acids is 1. The van der Waals surface area contributed by atoms with Crippen LogP contribution in [-0.2, 0) is 11.2 Å². The predicted molar refractivity (Wildman–Crippen MR) is 69.9 cm³/mol. The van der Waals surface area contributed by atoms with Crippen molar-refractivity contribution in [3.05, 3.63) is 39.9 Å². The minimum atomic E-state index is -0.793. The van der Waals surface area contributed by atoms with Crippen molar-refractivity contribution in [3.63, 3.8) is 0 Å². The van der Waals surface area contributed by atoms with Gasteiger partial charge in [-0.15, -0.1) is 0 Å². The molecular formula is C14H17NO4. The van der Waals surface area contributed by atoms with Gasteiger partial charge in [-0.2, -0.15) is 0 Å². The SMILES string of the molecule is O=C(O)C(Cc1cccc([N+](=O)[O-])c1)C1CCCC1. The molecule has 1 fully saturated rings. The molecule has 0 spiro atoms. The van der Waals surface area contributed by atoms with Gasteiger partial charge in [0.15, 0.2) is 0 Å². The van der Waals surface area contributed by atoms with E-state index in [0.717, 1.165) is 31.2 Å². The van der Waals surface area contributed by atoms with Crippen molar-refractivity contribution in [3.8, 4) is 0 Å². The molecule has 0 radical (unpaired) electrons. The standard InChI is InChI=1S/C14H17NO4/c16-14(17)13(11-5-1-2-6-11)9-10-4-3-7-12(8-10)15(18)19/h3-4,7-8,11,13H,1-2,5-6,9H2,(H,16,17). The smallest absolute Gasteiger partial charge is 0.307 e. The van der Waals surface area contributed by atoms with Crippen molar-refractivity contribution in [2.45, 2.75) is 32.1 Å². The van der Waals surface area contributed by atoms with Gasteiger partial charge in [-0.05, 0) is 30.7 Å². The van der Waals surface area contributed by atoms with Crippen LogP contribution in [0.2, 0.25) is 0 Å². The maximum atomic E-state index is 11.4. The van der Waals surface area contributed by atoms with E-state index in [2.05, 4.69) is 0 Å². The van der Waals surface area contributed by atoms with Crippen LogP contribution in [0.3, 0.4) is 0 Å². The maximum absolute atomic E-state index is 11.4. The van der Waals surface area contributed by atoms with Crippen LogP contribution in [0.25, 0.3) is 0 Å². The molecule has 0 aliphatic heterocycles. The number of nitro benzene ring substituents is 1. The number of benzene rings is 1. The minimum Gasteiger partial charge on any atom is -0.481 e. The van der Waals surface area contributed by atoms with E-state index in [1.165, 1.54) is 12.1 Å². The van der Waals surface area contributed by atoms with Crippen LogP contribution >= 0.6 is 0 Å². The average molecular weight is 263 g/mol. The highest BCUT2D eigenvalue weighted by Crippen LogP contribution is 2.33. The molecule has 0 bridgehead atoms. The van der Waals surface area contributed by atoms with E-state index in [1.807, 2.05) is 0 Å². The molecule has 1 aliphatic rings. The van der Waals surface area contributed by atoms with Crippen molar-refractivity contribution in [1.29, 1.82) is 0 Å². The molecule has 5 nitrogen and oxygen atoms in total. The first kappa shape index (κ1) is 13.5. The zero-order valence-electron chi connectivity index (χ0n) is 10.6. The molecule has 1 saturated carbocycles. The Balaban J connectivity index is 2.14. The van der Waals surface area contributed by atoms with Crippen LogP contribution in [0, 0.1) is 22.0 Å². The second-order valence-corrected chi connectivity index (χ2v) is 5.12. The van der Waals surface area contributed by atoms with Crippen LogP contribution in [0.15, 0.2) is 24.3 Å². The highest BCUT2D eigenvalue weighted by Gasteiger charge is 2.30. The third-order valence-electron chi connectivity index (χ3n) is 3.86. The molecule has 5 heteroatoms. The number of hydrogen-bond donors (Lipinski definition) is 1. The molecule has 19 heavy (non-hydrogen) atoms. The summed E-state index contributed by atoms with van der Waals surface area (Å²) < 4.78 is 0. The normalized spacial score (nSPS) is 17.3. The number of carbonyl (C=O) groups is 1. The lowest BCUT2D eigenvalue weighted by molar-refractivity contribution is -0.384. The quantitative estimate of drug-likeness (QED) is 0.654. The molecule has 2 rings (SSSR count). The van der Waals surface area contributed by atoms with Gasteiger partial charge >= 0.3 is 5.97 Å². The van der Waals surface area contributed by atoms with Gasteiger partial charge in [0, 0.05) is 12.1 Å². The number of non-ortho nitro benzene ring substituents is 1. The summed E-state index contributed by atoms with van der Waals surface area (Å²) in [6, 6.07) is 6.28. The van der Waals surface area contributed by atoms with Crippen LogP contribution < -0.4 is 0 Å². The molecule has 0 aromatic heterocycles. The van der Waals surface area contributed by atoms with E-state index in [4.69, 9.17) is 0 Å². The Hall–Kier alpha value is -1.91. The highest BCUT2D eigenvalue weighted by atomic mass is 16.6. The van der Waals surface area contributed by atoms with E-state index in [1.54, 1.807) is 12.1 Å². The first-order valence-corrected chi connectivity index (χ1v) is 6.54. The Kier molecular flexibility index (Phi) is 4.14. The summed E-state index contributed by atoms with van der Waals surface area (Å²) in [5.74, 6) is -1.01. The zero-order valence-corrected chi connectivity index (χ0v) is 10.6. The molecule has 1 atom stereocenters. The fraction of sp³-hybridized carbons (Fsp3) is 0.500. The summed E-state index contributed by atoms with van der Waals surface area (Å²) in [6.45, 7) is 0. The van der Waals surface area contributed by atoms with Crippen LogP contribution in [0.1, 0.15) is 31.2 Å². The molecule has 0 amide bonds. The van der Waals surface area contributed by atoms with Gasteiger partial charge in [-0.25, -0.2) is 0 Å². The van der Waals surface area contributed by atoms with Gasteiger partial charge in [0.25, 0.3) is 5.69 Å². The van der Waals surface area contributed by atoms with Gasteiger partial charge in [0.2, 0.25) is 0 Å². The fourth-order valence-corrected chi connectivity index (χ4v) is 2.87. The van der Waals surface area contributed by atoms with Crippen molar-refractivity contribution in [2.75, 3.05) is 0 Å². The molecule has 102 valence electrons. The van der Waals surface area contributed by atoms with Crippen LogP contribution in [0.4, 0.5) is 5.69 Å². The third-order valence-corrected chi connectivity index (χ3v) is 3.86. The van der Waals surface area contributed by atoms with Crippen molar-refractivity contribution >= 4 is 11.7 Å². The third kappa shape index (κ3) is 3.30. The Morgan fingerprint density at radius 1 is 1.42 bits per heavy atom. The average Bonchev–Trinajstić information content (AvgIpc) is 2.89. The molecular weight excluding hydrogens is 246 g/mol. The second-order valence-electron chi connectivity index (χ2n) is 5.12. The van der Waals surface area contributed by atoms with E-state index in [-0.39, 0.29) is 11.6 Å². The second kappa shape index (κ2) is 5.82. The lowest BCUT2D eigenvalue weighted by Crippen LogP contribution is -2.24. The van der Waals surface area contributed by atoms with E-state index in [9.17, 15) is 20.0 Å². The van der Waals surface area contributed by atoms with E-state index in [0.29, 0.717) is 6.42 Å². The minimum absolute atomic E-state index is 0.0214. The zero-order chi connectivity index (χ0) is 13.8. The number of carboxylic acid groups (broad SMARTS) is 1. The molecule has 1 N–H and O–H groups in total. The van der Waals surface area contributed by atoms with Gasteiger partial charge in [0.1, 0.15) is 0 Å². The first-order valence-electron chi connectivity index (χ1n) is 6.54. The Morgan fingerprint density at radius 3 is 2.68 bits per heavy atom. The Bertz CT molecular complexity index is 480. The lowest BCUT2D eigenvalue weighted by Gasteiger charge is -2.19. The molecule has 0 saturated heterocycles. The van der Waals surface area contributed by atoms with E-state index < -0.39 is 16.8 Å². The largest absolute Gasteiger partial charge is 0.481 e. The molecule has 1 aromatic rings. The summed E-state index contributed by atoms with van der Waals surface area (Å²) in [5.41, 5.74) is 0.751. The summed E-state index contributed by atoms with van der Waals surface area (Å²) >= 11 is 0. The summed E-state index contributed by atoms with van der Waals surface area (Å²) in [7, 11) is 0. The molecule has 1 unspecified atom stereocenters. The number of rotatable bonds is 5. The Morgan fingerprint density at radius 2 is 2.11 bits per heavy atom. The van der Waals surface area contributed by atoms with Crippen molar-refractivity contribution < 1.29 is 14.8 Å². The summed E-state index contributed by atoms with van der Waals surface area (Å²) in [5, 5.41) is 20.1. The predicted octanol–water partition coefficient (Wildman–Crippen LogP) is 3.03. The van der Waals surface area contributed by atoms with Crippen LogP contribution in [-0.4, -0.2) is 16.0 Å². The van der Waals surface area contributed by atoms with Crippen LogP contribution in [0.5, 0.6) is 0 Å². The van der Waals surface area contributed by atoms with E-state index >= 15 is 0 Å². The van der Waals surface area contributed by atoms with Gasteiger partial charge in [-0.1, -0.05) is 25.0 Å². The number of hydrogen-bond acceptors (Lipinski definition) is 3. The monoisotopic (exact) mass is 263 g/mol. The van der Waals surface area contributed by atoms with Crippen molar-refractivity contribution in [2.24, 2.45) is 11.8 Å². The highest BCUT2D eigenvalue weighted by molar-refractivity contribution is 5.71. The van der Waals surface area contributed by atoms with Crippen molar-refractivity contribution in [1.82, 2.24) is 0 Å². The number of nitro groups is 1. The maximum Gasteiger partial charge on any atom is 0.307 e. The summed E-state index contributed by atoms with van der Waals surface area (Å²) in [6.07, 6.45) is 4.45. The summed E-state index contributed by atoms with van der Waals surface area (Å²) in [4.78, 5) is 21.6. The lowest BCUT2D eigenvalue weighted by atomic mass is 9.85. The molecule has 0 heterocycles. The van der Waals surface area contributed by atoms with Gasteiger partial charge < -0.3 is 5.11 Å². The topological polar surface area (TPSA) is 80.4 Å². The Labute approximate surface area is 111 Å². The van der Waals surface area contributed by atoms with Gasteiger partial charge in [0.05, 0.1) is 10.8 Å². The number of nitrogens with zero attached hydrogens (tertiary/aromatic N) is 1. The fourth-order valence-electron chi connectivity index (χ4n) is 2.87. The molecule has 1 aromatic carbocycles. The first-order chi connectivity index (χ1) is 9.08. The number of aliphatic carboxylic acids is 1. The molecule has 1 aliphatic carbocycles.